The highest BCUT2D eigenvalue weighted by molar-refractivity contribution is 5.15. The minimum atomic E-state index is -0.298. The van der Waals surface area contributed by atoms with Gasteiger partial charge in [0.25, 0.3) is 0 Å². The van der Waals surface area contributed by atoms with Crippen LogP contribution in [0, 0.1) is 11.3 Å². The molecular formula is C14H19N3. The average molecular weight is 229 g/mol. The van der Waals surface area contributed by atoms with Crippen LogP contribution in [-0.4, -0.2) is 30.6 Å². The van der Waals surface area contributed by atoms with E-state index in [0.29, 0.717) is 0 Å². The SMILES string of the molecule is CNC1(C#N)CCN(Cc2ccccc2)CC1. The van der Waals surface area contributed by atoms with Crippen LogP contribution in [0.1, 0.15) is 18.4 Å². The van der Waals surface area contributed by atoms with Gasteiger partial charge in [-0.25, -0.2) is 0 Å². The van der Waals surface area contributed by atoms with Crippen molar-refractivity contribution in [1.29, 1.82) is 5.26 Å². The third-order valence-corrected chi connectivity index (χ3v) is 3.65. The molecule has 2 rings (SSSR count). The molecule has 0 saturated carbocycles. The molecule has 1 aromatic rings. The number of hydrogen-bond donors (Lipinski definition) is 1. The normalized spacial score (nSPS) is 19.8. The quantitative estimate of drug-likeness (QED) is 0.858. The van der Waals surface area contributed by atoms with Crippen LogP contribution < -0.4 is 5.32 Å². The molecular weight excluding hydrogens is 210 g/mol. The molecule has 1 aliphatic heterocycles. The summed E-state index contributed by atoms with van der Waals surface area (Å²) in [5.41, 5.74) is 1.05. The molecule has 0 aromatic heterocycles. The second kappa shape index (κ2) is 5.31. The van der Waals surface area contributed by atoms with Crippen molar-refractivity contribution in [2.45, 2.75) is 24.9 Å². The molecule has 0 aliphatic carbocycles. The first-order valence-corrected chi connectivity index (χ1v) is 6.14. The molecule has 1 aromatic carbocycles. The molecule has 1 aliphatic rings. The molecule has 0 unspecified atom stereocenters. The van der Waals surface area contributed by atoms with Crippen LogP contribution in [0.5, 0.6) is 0 Å². The Bertz CT molecular complexity index is 386. The molecule has 1 N–H and O–H groups in total. The summed E-state index contributed by atoms with van der Waals surface area (Å²) >= 11 is 0. The monoisotopic (exact) mass is 229 g/mol. The summed E-state index contributed by atoms with van der Waals surface area (Å²) in [5.74, 6) is 0. The molecule has 0 amide bonds. The van der Waals surface area contributed by atoms with Crippen LogP contribution in [0.15, 0.2) is 30.3 Å². The molecule has 0 radical (unpaired) electrons. The molecule has 1 heterocycles. The van der Waals surface area contributed by atoms with Crippen LogP contribution >= 0.6 is 0 Å². The highest BCUT2D eigenvalue weighted by Gasteiger charge is 2.32. The minimum Gasteiger partial charge on any atom is -0.302 e. The van der Waals surface area contributed by atoms with Crippen molar-refractivity contribution in [3.05, 3.63) is 35.9 Å². The number of nitrogens with zero attached hydrogens (tertiary/aromatic N) is 2. The third kappa shape index (κ3) is 2.85. The highest BCUT2D eigenvalue weighted by Crippen LogP contribution is 2.22. The van der Waals surface area contributed by atoms with Crippen molar-refractivity contribution in [1.82, 2.24) is 10.2 Å². The molecule has 0 spiro atoms. The fourth-order valence-electron chi connectivity index (χ4n) is 2.35. The minimum absolute atomic E-state index is 0.298. The van der Waals surface area contributed by atoms with E-state index < -0.39 is 0 Å². The molecule has 0 bridgehead atoms. The van der Waals surface area contributed by atoms with Crippen molar-refractivity contribution in [3.63, 3.8) is 0 Å². The van der Waals surface area contributed by atoms with E-state index in [-0.39, 0.29) is 5.54 Å². The van der Waals surface area contributed by atoms with E-state index in [1.807, 2.05) is 13.1 Å². The maximum absolute atomic E-state index is 9.19. The van der Waals surface area contributed by atoms with Crippen molar-refractivity contribution < 1.29 is 0 Å². The van der Waals surface area contributed by atoms with E-state index in [4.69, 9.17) is 0 Å². The lowest BCUT2D eigenvalue weighted by Gasteiger charge is -2.37. The molecule has 0 atom stereocenters. The van der Waals surface area contributed by atoms with Gasteiger partial charge in [-0.15, -0.1) is 0 Å². The Morgan fingerprint density at radius 1 is 1.29 bits per heavy atom. The highest BCUT2D eigenvalue weighted by atomic mass is 15.1. The zero-order valence-electron chi connectivity index (χ0n) is 10.3. The van der Waals surface area contributed by atoms with Crippen molar-refractivity contribution in [2.75, 3.05) is 20.1 Å². The van der Waals surface area contributed by atoms with Crippen LogP contribution in [0.25, 0.3) is 0 Å². The number of nitrogens with one attached hydrogen (secondary N) is 1. The lowest BCUT2D eigenvalue weighted by Crippen LogP contribution is -2.50. The zero-order valence-corrected chi connectivity index (χ0v) is 10.3. The molecule has 90 valence electrons. The van der Waals surface area contributed by atoms with Gasteiger partial charge in [0.1, 0.15) is 5.54 Å². The Morgan fingerprint density at radius 2 is 1.94 bits per heavy atom. The fraction of sp³-hybridized carbons (Fsp3) is 0.500. The first-order valence-electron chi connectivity index (χ1n) is 6.14. The maximum Gasteiger partial charge on any atom is 0.108 e. The molecule has 3 nitrogen and oxygen atoms in total. The second-order valence-corrected chi connectivity index (χ2v) is 4.71. The van der Waals surface area contributed by atoms with E-state index >= 15 is 0 Å². The van der Waals surface area contributed by atoms with Crippen LogP contribution in [-0.2, 0) is 6.54 Å². The van der Waals surface area contributed by atoms with Gasteiger partial charge in [0.15, 0.2) is 0 Å². The summed E-state index contributed by atoms with van der Waals surface area (Å²) in [4.78, 5) is 2.42. The van der Waals surface area contributed by atoms with Gasteiger partial charge in [-0.3, -0.25) is 4.90 Å². The Morgan fingerprint density at radius 3 is 2.47 bits per heavy atom. The Balaban J connectivity index is 1.90. The summed E-state index contributed by atoms with van der Waals surface area (Å²) in [5, 5.41) is 12.4. The van der Waals surface area contributed by atoms with E-state index in [0.717, 1.165) is 32.5 Å². The second-order valence-electron chi connectivity index (χ2n) is 4.71. The Hall–Kier alpha value is -1.37. The van der Waals surface area contributed by atoms with E-state index in [1.54, 1.807) is 0 Å². The predicted molar refractivity (Wildman–Crippen MR) is 68.4 cm³/mol. The Labute approximate surface area is 103 Å². The third-order valence-electron chi connectivity index (χ3n) is 3.65. The summed E-state index contributed by atoms with van der Waals surface area (Å²) in [7, 11) is 1.88. The lowest BCUT2D eigenvalue weighted by atomic mass is 9.89. The van der Waals surface area contributed by atoms with Crippen LogP contribution in [0.4, 0.5) is 0 Å². The summed E-state index contributed by atoms with van der Waals surface area (Å²) in [6, 6.07) is 12.9. The predicted octanol–water partition coefficient (Wildman–Crippen LogP) is 1.76. The number of rotatable bonds is 3. The largest absolute Gasteiger partial charge is 0.302 e. The summed E-state index contributed by atoms with van der Waals surface area (Å²) < 4.78 is 0. The number of hydrogen-bond acceptors (Lipinski definition) is 3. The number of piperidine rings is 1. The van der Waals surface area contributed by atoms with Crippen molar-refractivity contribution in [3.8, 4) is 6.07 Å². The molecule has 3 heteroatoms. The Kier molecular flexibility index (Phi) is 3.78. The summed E-state index contributed by atoms with van der Waals surface area (Å²) in [6.07, 6.45) is 1.82. The van der Waals surface area contributed by atoms with Crippen molar-refractivity contribution >= 4 is 0 Å². The van der Waals surface area contributed by atoms with Crippen LogP contribution in [0.3, 0.4) is 0 Å². The smallest absolute Gasteiger partial charge is 0.108 e. The van der Waals surface area contributed by atoms with Gasteiger partial charge in [-0.1, -0.05) is 30.3 Å². The molecule has 17 heavy (non-hydrogen) atoms. The van der Waals surface area contributed by atoms with Gasteiger partial charge >= 0.3 is 0 Å². The van der Waals surface area contributed by atoms with E-state index in [1.165, 1.54) is 5.56 Å². The summed E-state index contributed by atoms with van der Waals surface area (Å²) in [6.45, 7) is 2.97. The van der Waals surface area contributed by atoms with Gasteiger partial charge in [0.05, 0.1) is 6.07 Å². The topological polar surface area (TPSA) is 39.1 Å². The van der Waals surface area contributed by atoms with E-state index in [9.17, 15) is 5.26 Å². The van der Waals surface area contributed by atoms with Gasteiger partial charge < -0.3 is 5.32 Å². The van der Waals surface area contributed by atoms with Gasteiger partial charge in [-0.05, 0) is 25.5 Å². The van der Waals surface area contributed by atoms with Crippen molar-refractivity contribution in [2.24, 2.45) is 0 Å². The fourth-order valence-corrected chi connectivity index (χ4v) is 2.35. The van der Waals surface area contributed by atoms with Gasteiger partial charge in [0, 0.05) is 19.6 Å². The first-order chi connectivity index (χ1) is 8.28. The number of likely N-dealkylation sites (tertiary alicyclic amines) is 1. The average Bonchev–Trinajstić information content (AvgIpc) is 2.41. The maximum atomic E-state index is 9.19. The lowest BCUT2D eigenvalue weighted by molar-refractivity contribution is 0.165. The van der Waals surface area contributed by atoms with Gasteiger partial charge in [-0.2, -0.15) is 5.26 Å². The zero-order chi connectivity index (χ0) is 12.1. The molecule has 1 saturated heterocycles. The standard InChI is InChI=1S/C14H19N3/c1-16-14(12-15)7-9-17(10-8-14)11-13-5-3-2-4-6-13/h2-6,16H,7-11H2,1H3. The number of nitriles is 1. The van der Waals surface area contributed by atoms with Crippen LogP contribution in [0.2, 0.25) is 0 Å². The first kappa shape index (κ1) is 12.1. The van der Waals surface area contributed by atoms with Gasteiger partial charge in [0.2, 0.25) is 0 Å². The number of benzene rings is 1. The molecule has 1 fully saturated rings. The van der Waals surface area contributed by atoms with E-state index in [2.05, 4.69) is 40.6 Å².